The predicted molar refractivity (Wildman–Crippen MR) is 80.5 cm³/mol. The molecule has 0 aromatic carbocycles. The molecule has 5 nitrogen and oxygen atoms in total. The largest absolute Gasteiger partial charge is 0.339 e. The molecule has 3 heterocycles. The van der Waals surface area contributed by atoms with Crippen LogP contribution in [0.15, 0.2) is 30.6 Å². The summed E-state index contributed by atoms with van der Waals surface area (Å²) < 4.78 is 1.77. The second-order valence-corrected chi connectivity index (χ2v) is 5.31. The Bertz CT molecular complexity index is 614. The molecule has 1 aliphatic heterocycles. The Morgan fingerprint density at radius 3 is 2.71 bits per heavy atom. The summed E-state index contributed by atoms with van der Waals surface area (Å²) in [6.07, 6.45) is 7.60. The van der Waals surface area contributed by atoms with Crippen LogP contribution in [0.5, 0.6) is 0 Å². The van der Waals surface area contributed by atoms with Gasteiger partial charge in [-0.15, -0.1) is 0 Å². The van der Waals surface area contributed by atoms with E-state index in [2.05, 4.69) is 10.1 Å². The molecule has 2 aromatic rings. The average Bonchev–Trinajstić information content (AvgIpc) is 2.99. The molecule has 110 valence electrons. The topological polar surface area (TPSA) is 51.0 Å². The SMILES string of the molecule is CCc1c(C(=O)N2CCCCC2)cnn1-c1ccccn1. The normalized spacial score (nSPS) is 15.2. The third kappa shape index (κ3) is 2.68. The quantitative estimate of drug-likeness (QED) is 0.870. The van der Waals surface area contributed by atoms with E-state index in [0.29, 0.717) is 5.56 Å². The minimum Gasteiger partial charge on any atom is -0.339 e. The molecule has 21 heavy (non-hydrogen) atoms. The molecule has 0 aliphatic carbocycles. The predicted octanol–water partition coefficient (Wildman–Crippen LogP) is 2.46. The van der Waals surface area contributed by atoms with Crippen LogP contribution in [0.1, 0.15) is 42.2 Å². The first-order valence-electron chi connectivity index (χ1n) is 7.59. The van der Waals surface area contributed by atoms with Gasteiger partial charge in [0.2, 0.25) is 0 Å². The van der Waals surface area contributed by atoms with Crippen molar-refractivity contribution >= 4 is 5.91 Å². The second-order valence-electron chi connectivity index (χ2n) is 5.31. The minimum absolute atomic E-state index is 0.105. The lowest BCUT2D eigenvalue weighted by atomic mass is 10.1. The van der Waals surface area contributed by atoms with Crippen LogP contribution in [-0.4, -0.2) is 38.7 Å². The molecule has 3 rings (SSSR count). The molecule has 1 saturated heterocycles. The van der Waals surface area contributed by atoms with Gasteiger partial charge >= 0.3 is 0 Å². The van der Waals surface area contributed by atoms with Crippen molar-refractivity contribution in [2.75, 3.05) is 13.1 Å². The molecule has 2 aromatic heterocycles. The number of nitrogens with zero attached hydrogens (tertiary/aromatic N) is 4. The first kappa shape index (κ1) is 13.8. The van der Waals surface area contributed by atoms with Crippen molar-refractivity contribution in [3.8, 4) is 5.82 Å². The van der Waals surface area contributed by atoms with E-state index < -0.39 is 0 Å². The fraction of sp³-hybridized carbons (Fsp3) is 0.438. The smallest absolute Gasteiger partial charge is 0.257 e. The number of hydrogen-bond donors (Lipinski definition) is 0. The molecule has 0 atom stereocenters. The summed E-state index contributed by atoms with van der Waals surface area (Å²) >= 11 is 0. The molecular formula is C16H20N4O. The maximum atomic E-state index is 12.7. The third-order valence-electron chi connectivity index (χ3n) is 3.94. The monoisotopic (exact) mass is 284 g/mol. The van der Waals surface area contributed by atoms with E-state index in [1.54, 1.807) is 17.1 Å². The van der Waals surface area contributed by atoms with E-state index in [4.69, 9.17) is 0 Å². The highest BCUT2D eigenvalue weighted by Gasteiger charge is 2.23. The van der Waals surface area contributed by atoms with Gasteiger partial charge in [0.05, 0.1) is 17.5 Å². The number of hydrogen-bond acceptors (Lipinski definition) is 3. The van der Waals surface area contributed by atoms with Crippen molar-refractivity contribution in [3.05, 3.63) is 41.9 Å². The summed E-state index contributed by atoms with van der Waals surface area (Å²) in [5, 5.41) is 4.38. The lowest BCUT2D eigenvalue weighted by Crippen LogP contribution is -2.36. The van der Waals surface area contributed by atoms with Crippen LogP contribution < -0.4 is 0 Å². The molecule has 0 radical (unpaired) electrons. The van der Waals surface area contributed by atoms with Crippen LogP contribution in [0.4, 0.5) is 0 Å². The highest BCUT2D eigenvalue weighted by molar-refractivity contribution is 5.95. The molecule has 0 bridgehead atoms. The summed E-state index contributed by atoms with van der Waals surface area (Å²) in [5.41, 5.74) is 1.65. The summed E-state index contributed by atoms with van der Waals surface area (Å²) in [5.74, 6) is 0.862. The Morgan fingerprint density at radius 2 is 2.05 bits per heavy atom. The number of carbonyl (C=O) groups excluding carboxylic acids is 1. The van der Waals surface area contributed by atoms with Gasteiger partial charge in [0.15, 0.2) is 5.82 Å². The number of amides is 1. The number of pyridine rings is 1. The van der Waals surface area contributed by atoms with Gasteiger partial charge in [0, 0.05) is 19.3 Å². The highest BCUT2D eigenvalue weighted by Crippen LogP contribution is 2.18. The number of aromatic nitrogens is 3. The number of rotatable bonds is 3. The van der Waals surface area contributed by atoms with Gasteiger partial charge in [-0.2, -0.15) is 5.10 Å². The van der Waals surface area contributed by atoms with Gasteiger partial charge in [-0.3, -0.25) is 4.79 Å². The Labute approximate surface area is 124 Å². The van der Waals surface area contributed by atoms with Gasteiger partial charge in [-0.25, -0.2) is 9.67 Å². The van der Waals surface area contributed by atoms with E-state index in [1.165, 1.54) is 6.42 Å². The Balaban J connectivity index is 1.93. The Kier molecular flexibility index (Phi) is 3.99. The fourth-order valence-corrected chi connectivity index (χ4v) is 2.84. The molecule has 1 aliphatic rings. The maximum absolute atomic E-state index is 12.7. The van der Waals surface area contributed by atoms with E-state index in [9.17, 15) is 4.79 Å². The minimum atomic E-state index is 0.105. The van der Waals surface area contributed by atoms with Gasteiger partial charge < -0.3 is 4.90 Å². The molecule has 5 heteroatoms. The zero-order valence-corrected chi connectivity index (χ0v) is 12.3. The van der Waals surface area contributed by atoms with Crippen LogP contribution in [0.2, 0.25) is 0 Å². The van der Waals surface area contributed by atoms with Gasteiger partial charge in [-0.1, -0.05) is 13.0 Å². The van der Waals surface area contributed by atoms with Crippen molar-refractivity contribution in [2.24, 2.45) is 0 Å². The number of likely N-dealkylation sites (tertiary alicyclic amines) is 1. The summed E-state index contributed by atoms with van der Waals surface area (Å²) in [4.78, 5) is 18.9. The van der Waals surface area contributed by atoms with Crippen LogP contribution >= 0.6 is 0 Å². The van der Waals surface area contributed by atoms with E-state index in [-0.39, 0.29) is 5.91 Å². The molecule has 1 fully saturated rings. The van der Waals surface area contributed by atoms with Crippen molar-refractivity contribution in [1.82, 2.24) is 19.7 Å². The molecular weight excluding hydrogens is 264 g/mol. The maximum Gasteiger partial charge on any atom is 0.257 e. The van der Waals surface area contributed by atoms with Crippen LogP contribution in [0, 0.1) is 0 Å². The van der Waals surface area contributed by atoms with E-state index in [0.717, 1.165) is 43.9 Å². The number of piperidine rings is 1. The fourth-order valence-electron chi connectivity index (χ4n) is 2.84. The standard InChI is InChI=1S/C16H20N4O/c1-2-14-13(16(21)19-10-6-3-7-11-19)12-18-20(14)15-8-4-5-9-17-15/h4-5,8-9,12H,2-3,6-7,10-11H2,1H3. The van der Waals surface area contributed by atoms with Crippen LogP contribution in [0.25, 0.3) is 5.82 Å². The molecule has 1 amide bonds. The number of carbonyl (C=O) groups is 1. The Morgan fingerprint density at radius 1 is 1.24 bits per heavy atom. The first-order chi connectivity index (χ1) is 10.3. The third-order valence-corrected chi connectivity index (χ3v) is 3.94. The molecule has 0 unspecified atom stereocenters. The zero-order valence-electron chi connectivity index (χ0n) is 12.3. The van der Waals surface area contributed by atoms with Crippen molar-refractivity contribution < 1.29 is 4.79 Å². The van der Waals surface area contributed by atoms with Crippen molar-refractivity contribution in [2.45, 2.75) is 32.6 Å². The summed E-state index contributed by atoms with van der Waals surface area (Å²) in [6.45, 7) is 3.76. The summed E-state index contributed by atoms with van der Waals surface area (Å²) in [6, 6.07) is 5.70. The van der Waals surface area contributed by atoms with Crippen molar-refractivity contribution in [3.63, 3.8) is 0 Å². The highest BCUT2D eigenvalue weighted by atomic mass is 16.2. The van der Waals surface area contributed by atoms with Gasteiger partial charge in [0.25, 0.3) is 5.91 Å². The van der Waals surface area contributed by atoms with Crippen molar-refractivity contribution in [1.29, 1.82) is 0 Å². The zero-order chi connectivity index (χ0) is 14.7. The van der Waals surface area contributed by atoms with Crippen LogP contribution in [0.3, 0.4) is 0 Å². The van der Waals surface area contributed by atoms with E-state index in [1.807, 2.05) is 30.0 Å². The lowest BCUT2D eigenvalue weighted by Gasteiger charge is -2.26. The molecule has 0 saturated carbocycles. The van der Waals surface area contributed by atoms with Gasteiger partial charge in [0.1, 0.15) is 0 Å². The molecule has 0 N–H and O–H groups in total. The van der Waals surface area contributed by atoms with Crippen LogP contribution in [-0.2, 0) is 6.42 Å². The Hall–Kier alpha value is -2.17. The molecule has 0 spiro atoms. The van der Waals surface area contributed by atoms with E-state index >= 15 is 0 Å². The first-order valence-corrected chi connectivity index (χ1v) is 7.59. The average molecular weight is 284 g/mol. The van der Waals surface area contributed by atoms with Gasteiger partial charge in [-0.05, 0) is 37.8 Å². The lowest BCUT2D eigenvalue weighted by molar-refractivity contribution is 0.0723. The summed E-state index contributed by atoms with van der Waals surface area (Å²) in [7, 11) is 0. The second kappa shape index (κ2) is 6.08.